The molecule has 0 saturated carbocycles. The molecule has 0 aliphatic carbocycles. The summed E-state index contributed by atoms with van der Waals surface area (Å²) in [7, 11) is 1.54. The van der Waals surface area contributed by atoms with Crippen LogP contribution in [0.5, 0.6) is 17.2 Å². The van der Waals surface area contributed by atoms with Crippen molar-refractivity contribution in [3.8, 4) is 17.2 Å². The average Bonchev–Trinajstić information content (AvgIpc) is 3.06. The van der Waals surface area contributed by atoms with E-state index in [9.17, 15) is 9.59 Å². The number of amides is 2. The topological polar surface area (TPSA) is 77.1 Å². The Hall–Kier alpha value is -3.30. The van der Waals surface area contributed by atoms with Crippen LogP contribution in [-0.2, 0) is 4.79 Å². The highest BCUT2D eigenvalue weighted by molar-refractivity contribution is 8.26. The second kappa shape index (κ2) is 10.8. The van der Waals surface area contributed by atoms with Crippen molar-refractivity contribution >= 4 is 46.2 Å². The van der Waals surface area contributed by atoms with Gasteiger partial charge >= 0.3 is 0 Å². The monoisotopic (exact) mass is 470 g/mol. The van der Waals surface area contributed by atoms with Crippen LogP contribution in [0.2, 0.25) is 0 Å². The maximum atomic E-state index is 12.9. The molecule has 32 heavy (non-hydrogen) atoms. The number of benzene rings is 2. The first-order valence-electron chi connectivity index (χ1n) is 9.70. The molecule has 1 aliphatic rings. The van der Waals surface area contributed by atoms with Gasteiger partial charge in [-0.2, -0.15) is 5.01 Å². The maximum absolute atomic E-state index is 12.9. The molecule has 2 aromatic rings. The van der Waals surface area contributed by atoms with Gasteiger partial charge in [0.2, 0.25) is 0 Å². The van der Waals surface area contributed by atoms with Gasteiger partial charge in [-0.3, -0.25) is 15.0 Å². The van der Waals surface area contributed by atoms with E-state index in [0.29, 0.717) is 40.9 Å². The molecule has 0 aromatic heterocycles. The van der Waals surface area contributed by atoms with Crippen molar-refractivity contribution in [2.24, 2.45) is 0 Å². The van der Waals surface area contributed by atoms with Crippen molar-refractivity contribution in [1.82, 2.24) is 10.4 Å². The average molecular weight is 471 g/mol. The number of hydrogen-bond donors (Lipinski definition) is 1. The van der Waals surface area contributed by atoms with Crippen molar-refractivity contribution in [2.45, 2.75) is 6.92 Å². The zero-order valence-electron chi connectivity index (χ0n) is 17.6. The first-order chi connectivity index (χ1) is 15.5. The van der Waals surface area contributed by atoms with E-state index >= 15 is 0 Å². The lowest BCUT2D eigenvalue weighted by Crippen LogP contribution is -2.44. The summed E-state index contributed by atoms with van der Waals surface area (Å²) < 4.78 is 16.6. The standard InChI is InChI=1S/C23H22N2O5S2/c1-4-12-30-18-11-6-15(13-19(18)29-5-2)14-20-22(27)25(23(31)32-20)24-21(26)16-7-9-17(28-3)10-8-16/h4,6-11,13-14H,1,5,12H2,2-3H3,(H,24,26). The van der Waals surface area contributed by atoms with E-state index in [1.165, 1.54) is 0 Å². The Morgan fingerprint density at radius 1 is 1.19 bits per heavy atom. The molecule has 2 amide bonds. The number of rotatable bonds is 9. The third-order valence-electron chi connectivity index (χ3n) is 4.28. The number of methoxy groups -OCH3 is 1. The highest BCUT2D eigenvalue weighted by Gasteiger charge is 2.33. The number of ether oxygens (including phenoxy) is 3. The molecule has 1 aliphatic heterocycles. The van der Waals surface area contributed by atoms with Crippen molar-refractivity contribution in [3.63, 3.8) is 0 Å². The summed E-state index contributed by atoms with van der Waals surface area (Å²) in [6.07, 6.45) is 3.34. The lowest BCUT2D eigenvalue weighted by molar-refractivity contribution is -0.123. The van der Waals surface area contributed by atoms with Crippen LogP contribution in [-0.4, -0.2) is 41.5 Å². The summed E-state index contributed by atoms with van der Waals surface area (Å²) >= 11 is 6.40. The number of nitrogens with one attached hydrogen (secondary N) is 1. The molecule has 0 radical (unpaired) electrons. The molecule has 0 unspecified atom stereocenters. The lowest BCUT2D eigenvalue weighted by atomic mass is 10.2. The van der Waals surface area contributed by atoms with Crippen molar-refractivity contribution in [3.05, 3.63) is 71.2 Å². The highest BCUT2D eigenvalue weighted by Crippen LogP contribution is 2.34. The Morgan fingerprint density at radius 3 is 2.59 bits per heavy atom. The van der Waals surface area contributed by atoms with Crippen molar-refractivity contribution in [1.29, 1.82) is 0 Å². The van der Waals surface area contributed by atoms with Gasteiger partial charge in [0.1, 0.15) is 12.4 Å². The largest absolute Gasteiger partial charge is 0.497 e. The number of hydrogen-bond acceptors (Lipinski definition) is 7. The summed E-state index contributed by atoms with van der Waals surface area (Å²) in [6, 6.07) is 11.9. The molecular formula is C23H22N2O5S2. The van der Waals surface area contributed by atoms with Gasteiger partial charge in [0.05, 0.1) is 18.6 Å². The first kappa shape index (κ1) is 23.4. The maximum Gasteiger partial charge on any atom is 0.285 e. The third kappa shape index (κ3) is 5.49. The zero-order chi connectivity index (χ0) is 23.1. The van der Waals surface area contributed by atoms with Crippen LogP contribution in [0.4, 0.5) is 0 Å². The molecule has 1 fully saturated rings. The number of nitrogens with zero attached hydrogens (tertiary/aromatic N) is 1. The van der Waals surface area contributed by atoms with Gasteiger partial charge in [-0.1, -0.05) is 30.5 Å². The highest BCUT2D eigenvalue weighted by atomic mass is 32.2. The van der Waals surface area contributed by atoms with Gasteiger partial charge in [-0.25, -0.2) is 0 Å². The van der Waals surface area contributed by atoms with E-state index in [-0.39, 0.29) is 4.32 Å². The molecule has 0 bridgehead atoms. The quantitative estimate of drug-likeness (QED) is 0.334. The van der Waals surface area contributed by atoms with E-state index in [4.69, 9.17) is 26.4 Å². The molecule has 3 rings (SSSR count). The Bertz CT molecular complexity index is 1070. The van der Waals surface area contributed by atoms with Crippen LogP contribution in [0.25, 0.3) is 6.08 Å². The molecule has 1 heterocycles. The Balaban J connectivity index is 1.76. The Kier molecular flexibility index (Phi) is 7.91. The van der Waals surface area contributed by atoms with Crippen LogP contribution in [0, 0.1) is 0 Å². The third-order valence-corrected chi connectivity index (χ3v) is 5.58. The number of carbonyl (C=O) groups is 2. The first-order valence-corrected chi connectivity index (χ1v) is 10.9. The number of hydrazine groups is 1. The summed E-state index contributed by atoms with van der Waals surface area (Å²) in [5, 5.41) is 1.07. The summed E-state index contributed by atoms with van der Waals surface area (Å²) in [4.78, 5) is 25.8. The Labute approximate surface area is 196 Å². The molecule has 0 spiro atoms. The van der Waals surface area contributed by atoms with Gasteiger partial charge < -0.3 is 14.2 Å². The van der Waals surface area contributed by atoms with Crippen molar-refractivity contribution < 1.29 is 23.8 Å². The van der Waals surface area contributed by atoms with Crippen molar-refractivity contribution in [2.75, 3.05) is 20.3 Å². The SMILES string of the molecule is C=CCOc1ccc(C=C2SC(=S)N(NC(=O)c3ccc(OC)cc3)C2=O)cc1OCC. The smallest absolute Gasteiger partial charge is 0.285 e. The van der Waals surface area contributed by atoms with Gasteiger partial charge in [0, 0.05) is 5.56 Å². The van der Waals surface area contributed by atoms with Crippen LogP contribution in [0.1, 0.15) is 22.8 Å². The molecule has 1 N–H and O–H groups in total. The molecule has 1 saturated heterocycles. The van der Waals surface area contributed by atoms with Gasteiger partial charge in [0.25, 0.3) is 11.8 Å². The molecule has 7 nitrogen and oxygen atoms in total. The molecule has 0 atom stereocenters. The molecule has 166 valence electrons. The summed E-state index contributed by atoms with van der Waals surface area (Å²) in [6.45, 7) is 6.33. The van der Waals surface area contributed by atoms with Crippen LogP contribution >= 0.6 is 24.0 Å². The number of thioether (sulfide) groups is 1. The predicted octanol–water partition coefficient (Wildman–Crippen LogP) is 4.20. The van der Waals surface area contributed by atoms with Gasteiger partial charge in [-0.05, 0) is 67.2 Å². The van der Waals surface area contributed by atoms with Crippen LogP contribution in [0.15, 0.2) is 60.0 Å². The minimum Gasteiger partial charge on any atom is -0.497 e. The fourth-order valence-electron chi connectivity index (χ4n) is 2.77. The van der Waals surface area contributed by atoms with E-state index < -0.39 is 11.8 Å². The van der Waals surface area contributed by atoms with Crippen LogP contribution < -0.4 is 19.6 Å². The van der Waals surface area contributed by atoms with E-state index in [0.717, 1.165) is 22.3 Å². The van der Waals surface area contributed by atoms with E-state index in [2.05, 4.69) is 12.0 Å². The Morgan fingerprint density at radius 2 is 1.94 bits per heavy atom. The normalized spacial score (nSPS) is 14.4. The minimum atomic E-state index is -0.451. The fraction of sp³-hybridized carbons (Fsp3) is 0.174. The summed E-state index contributed by atoms with van der Waals surface area (Å²) in [5.74, 6) is 0.913. The lowest BCUT2D eigenvalue weighted by Gasteiger charge is -2.15. The van der Waals surface area contributed by atoms with Gasteiger partial charge in [0.15, 0.2) is 15.8 Å². The minimum absolute atomic E-state index is 0.235. The molecule has 9 heteroatoms. The number of thiocarbonyl (C=S) groups is 1. The molecular weight excluding hydrogens is 448 g/mol. The number of carbonyl (C=O) groups excluding carboxylic acids is 2. The van der Waals surface area contributed by atoms with Crippen LogP contribution in [0.3, 0.4) is 0 Å². The zero-order valence-corrected chi connectivity index (χ0v) is 19.3. The second-order valence-corrected chi connectivity index (χ2v) is 8.10. The van der Waals surface area contributed by atoms with E-state index in [1.54, 1.807) is 55.7 Å². The van der Waals surface area contributed by atoms with E-state index in [1.807, 2.05) is 13.0 Å². The summed E-state index contributed by atoms with van der Waals surface area (Å²) in [5.41, 5.74) is 3.67. The fourth-order valence-corrected chi connectivity index (χ4v) is 3.95. The van der Waals surface area contributed by atoms with Gasteiger partial charge in [-0.15, -0.1) is 0 Å². The predicted molar refractivity (Wildman–Crippen MR) is 129 cm³/mol. The molecule has 2 aromatic carbocycles. The second-order valence-electron chi connectivity index (χ2n) is 6.43.